The van der Waals surface area contributed by atoms with E-state index in [1.54, 1.807) is 31.4 Å². The van der Waals surface area contributed by atoms with Crippen LogP contribution in [0, 0.1) is 0 Å². The van der Waals surface area contributed by atoms with Crippen molar-refractivity contribution in [2.24, 2.45) is 0 Å². The van der Waals surface area contributed by atoms with E-state index in [1.807, 2.05) is 0 Å². The van der Waals surface area contributed by atoms with Gasteiger partial charge in [0.25, 0.3) is 6.43 Å². The summed E-state index contributed by atoms with van der Waals surface area (Å²) >= 11 is 0. The lowest BCUT2D eigenvalue weighted by Crippen LogP contribution is -2.17. The Morgan fingerprint density at radius 1 is 1.27 bits per heavy atom. The van der Waals surface area contributed by atoms with Gasteiger partial charge < -0.3 is 9.84 Å². The van der Waals surface area contributed by atoms with E-state index in [-0.39, 0.29) is 6.42 Å². The Hall–Kier alpha value is -1.16. The number of alkyl halides is 2. The van der Waals surface area contributed by atoms with Crippen molar-refractivity contribution in [2.45, 2.75) is 25.4 Å². The maximum absolute atomic E-state index is 12.0. The second-order valence-corrected chi connectivity index (χ2v) is 3.29. The second kappa shape index (κ2) is 5.66. The number of halogens is 2. The summed E-state index contributed by atoms with van der Waals surface area (Å²) in [5.74, 6) is 0.730. The lowest BCUT2D eigenvalue weighted by molar-refractivity contribution is -0.00849. The molecule has 4 heteroatoms. The molecule has 0 saturated carbocycles. The van der Waals surface area contributed by atoms with Gasteiger partial charge in [-0.05, 0) is 30.5 Å². The third-order valence-electron chi connectivity index (χ3n) is 2.18. The number of ether oxygens (including phenoxy) is 1. The molecule has 0 aliphatic rings. The third kappa shape index (κ3) is 3.83. The Morgan fingerprint density at radius 3 is 2.33 bits per heavy atom. The molecule has 0 aromatic heterocycles. The summed E-state index contributed by atoms with van der Waals surface area (Å²) in [6.45, 7) is 0. The van der Waals surface area contributed by atoms with Crippen LogP contribution in [0.1, 0.15) is 12.0 Å². The smallest absolute Gasteiger partial charge is 0.264 e. The Balaban J connectivity index is 2.44. The minimum absolute atomic E-state index is 0.0734. The Morgan fingerprint density at radius 2 is 1.87 bits per heavy atom. The van der Waals surface area contributed by atoms with E-state index in [0.29, 0.717) is 6.42 Å². The summed E-state index contributed by atoms with van der Waals surface area (Å²) in [6.07, 6.45) is -3.69. The van der Waals surface area contributed by atoms with Crippen LogP contribution < -0.4 is 4.74 Å². The highest BCUT2D eigenvalue weighted by Gasteiger charge is 2.15. The molecule has 15 heavy (non-hydrogen) atoms. The predicted molar refractivity (Wildman–Crippen MR) is 53.3 cm³/mol. The number of hydrogen-bond donors (Lipinski definition) is 1. The first-order valence-corrected chi connectivity index (χ1v) is 4.72. The van der Waals surface area contributed by atoms with Crippen LogP contribution in [-0.4, -0.2) is 24.7 Å². The first-order valence-electron chi connectivity index (χ1n) is 4.72. The Kier molecular flexibility index (Phi) is 4.49. The molecule has 1 atom stereocenters. The maximum Gasteiger partial charge on any atom is 0.264 e. The molecule has 1 aromatic carbocycles. The molecular formula is C11H14F2O2. The van der Waals surface area contributed by atoms with Gasteiger partial charge in [0.05, 0.1) is 7.11 Å². The van der Waals surface area contributed by atoms with Gasteiger partial charge in [0.2, 0.25) is 0 Å². The van der Waals surface area contributed by atoms with Crippen molar-refractivity contribution in [1.29, 1.82) is 0 Å². The van der Waals surface area contributed by atoms with Crippen molar-refractivity contribution in [3.63, 3.8) is 0 Å². The normalized spacial score (nSPS) is 12.9. The predicted octanol–water partition coefficient (Wildman–Crippen LogP) is 2.25. The van der Waals surface area contributed by atoms with E-state index >= 15 is 0 Å². The van der Waals surface area contributed by atoms with E-state index in [4.69, 9.17) is 9.84 Å². The molecule has 0 radical (unpaired) electrons. The largest absolute Gasteiger partial charge is 0.497 e. The third-order valence-corrected chi connectivity index (χ3v) is 2.18. The van der Waals surface area contributed by atoms with Gasteiger partial charge in [-0.15, -0.1) is 0 Å². The van der Waals surface area contributed by atoms with Crippen molar-refractivity contribution >= 4 is 0 Å². The summed E-state index contributed by atoms with van der Waals surface area (Å²) < 4.78 is 28.9. The minimum Gasteiger partial charge on any atom is -0.497 e. The highest BCUT2D eigenvalue weighted by atomic mass is 19.3. The SMILES string of the molecule is COc1ccc(CCC(O)C(F)F)cc1. The number of hydrogen-bond acceptors (Lipinski definition) is 2. The van der Waals surface area contributed by atoms with Crippen molar-refractivity contribution < 1.29 is 18.6 Å². The van der Waals surface area contributed by atoms with Crippen LogP contribution in [-0.2, 0) is 6.42 Å². The fourth-order valence-electron chi connectivity index (χ4n) is 1.23. The molecule has 1 aromatic rings. The van der Waals surface area contributed by atoms with Gasteiger partial charge in [0.1, 0.15) is 11.9 Å². The molecule has 0 aliphatic carbocycles. The summed E-state index contributed by atoms with van der Waals surface area (Å²) in [4.78, 5) is 0. The topological polar surface area (TPSA) is 29.5 Å². The Labute approximate surface area is 87.5 Å². The van der Waals surface area contributed by atoms with E-state index in [1.165, 1.54) is 0 Å². The number of methoxy groups -OCH3 is 1. The van der Waals surface area contributed by atoms with Crippen molar-refractivity contribution in [2.75, 3.05) is 7.11 Å². The summed E-state index contributed by atoms with van der Waals surface area (Å²) in [6, 6.07) is 7.14. The van der Waals surface area contributed by atoms with Crippen LogP contribution >= 0.6 is 0 Å². The number of aliphatic hydroxyl groups is 1. The fourth-order valence-corrected chi connectivity index (χ4v) is 1.23. The summed E-state index contributed by atoms with van der Waals surface area (Å²) in [5.41, 5.74) is 0.913. The number of aryl methyl sites for hydroxylation is 1. The van der Waals surface area contributed by atoms with E-state index in [0.717, 1.165) is 11.3 Å². The van der Waals surface area contributed by atoms with Crippen molar-refractivity contribution in [1.82, 2.24) is 0 Å². The van der Waals surface area contributed by atoms with Crippen molar-refractivity contribution in [3.05, 3.63) is 29.8 Å². The minimum atomic E-state index is -2.66. The molecule has 1 rings (SSSR count). The first-order chi connectivity index (χ1) is 7.13. The van der Waals surface area contributed by atoms with E-state index in [2.05, 4.69) is 0 Å². The lowest BCUT2D eigenvalue weighted by atomic mass is 10.1. The van der Waals surface area contributed by atoms with Gasteiger partial charge in [0, 0.05) is 0 Å². The van der Waals surface area contributed by atoms with Crippen LogP contribution in [0.25, 0.3) is 0 Å². The molecule has 0 spiro atoms. The molecule has 1 unspecified atom stereocenters. The second-order valence-electron chi connectivity index (χ2n) is 3.29. The van der Waals surface area contributed by atoms with Gasteiger partial charge in [-0.1, -0.05) is 12.1 Å². The molecule has 0 aliphatic heterocycles. The van der Waals surface area contributed by atoms with E-state index in [9.17, 15) is 8.78 Å². The number of aliphatic hydroxyl groups excluding tert-OH is 1. The number of benzene rings is 1. The van der Waals surface area contributed by atoms with E-state index < -0.39 is 12.5 Å². The summed E-state index contributed by atoms with van der Waals surface area (Å²) in [7, 11) is 1.57. The van der Waals surface area contributed by atoms with Crippen molar-refractivity contribution in [3.8, 4) is 5.75 Å². The maximum atomic E-state index is 12.0. The molecule has 0 bridgehead atoms. The van der Waals surface area contributed by atoms with Gasteiger partial charge in [-0.2, -0.15) is 0 Å². The quantitative estimate of drug-likeness (QED) is 0.818. The van der Waals surface area contributed by atoms with Crippen LogP contribution in [0.3, 0.4) is 0 Å². The first kappa shape index (κ1) is 11.9. The highest BCUT2D eigenvalue weighted by molar-refractivity contribution is 5.27. The summed E-state index contributed by atoms with van der Waals surface area (Å²) in [5, 5.41) is 8.91. The van der Waals surface area contributed by atoms with Gasteiger partial charge in [-0.3, -0.25) is 0 Å². The Bertz CT molecular complexity index is 285. The average Bonchev–Trinajstić information content (AvgIpc) is 2.26. The van der Waals surface area contributed by atoms with Gasteiger partial charge in [0.15, 0.2) is 0 Å². The number of rotatable bonds is 5. The zero-order valence-electron chi connectivity index (χ0n) is 8.49. The zero-order valence-corrected chi connectivity index (χ0v) is 8.49. The fraction of sp³-hybridized carbons (Fsp3) is 0.455. The molecule has 0 fully saturated rings. The monoisotopic (exact) mass is 216 g/mol. The molecule has 1 N–H and O–H groups in total. The van der Waals surface area contributed by atoms with Crippen LogP contribution in [0.5, 0.6) is 5.75 Å². The van der Waals surface area contributed by atoms with Gasteiger partial charge in [-0.25, -0.2) is 8.78 Å². The van der Waals surface area contributed by atoms with Crippen LogP contribution in [0.2, 0.25) is 0 Å². The van der Waals surface area contributed by atoms with Gasteiger partial charge >= 0.3 is 0 Å². The molecule has 0 heterocycles. The molecule has 0 saturated heterocycles. The van der Waals surface area contributed by atoms with Crippen LogP contribution in [0.15, 0.2) is 24.3 Å². The average molecular weight is 216 g/mol. The molecular weight excluding hydrogens is 202 g/mol. The lowest BCUT2D eigenvalue weighted by Gasteiger charge is -2.09. The van der Waals surface area contributed by atoms with Crippen LogP contribution in [0.4, 0.5) is 8.78 Å². The molecule has 84 valence electrons. The highest BCUT2D eigenvalue weighted by Crippen LogP contribution is 2.14. The molecule has 0 amide bonds. The zero-order chi connectivity index (χ0) is 11.3. The standard InChI is InChI=1S/C11H14F2O2/c1-15-9-5-2-8(3-6-9)4-7-10(14)11(12)13/h2-3,5-6,10-11,14H,4,7H2,1H3. The molecule has 2 nitrogen and oxygen atoms in total.